The topological polar surface area (TPSA) is 0 Å². The molecule has 96 valence electrons. The second-order valence-electron chi connectivity index (χ2n) is 7.06. The van der Waals surface area contributed by atoms with Crippen LogP contribution in [-0.4, -0.2) is 0 Å². The fraction of sp³-hybridized carbons (Fsp3) is 0.882. The largest absolute Gasteiger partial charge is 0.0854 e. The third kappa shape index (κ3) is 2.20. The van der Waals surface area contributed by atoms with Gasteiger partial charge < -0.3 is 0 Å². The van der Waals surface area contributed by atoms with Gasteiger partial charge in [-0.15, -0.1) is 0 Å². The summed E-state index contributed by atoms with van der Waals surface area (Å²) in [6.07, 6.45) is 15.6. The standard InChI is InChI=1S/C17H28/c1-3-4-5-13-9-16-10-15(13)11-17(16)14-7-6-12(2)8-14/h6-7,12-17H,3-5,8-11H2,1-2H3. The first-order chi connectivity index (χ1) is 8.28. The van der Waals surface area contributed by atoms with E-state index in [0.717, 1.165) is 35.5 Å². The van der Waals surface area contributed by atoms with Crippen LogP contribution in [0.15, 0.2) is 12.2 Å². The van der Waals surface area contributed by atoms with Crippen molar-refractivity contribution < 1.29 is 0 Å². The van der Waals surface area contributed by atoms with Gasteiger partial charge in [-0.05, 0) is 61.2 Å². The summed E-state index contributed by atoms with van der Waals surface area (Å²) in [5.41, 5.74) is 0. The molecule has 2 saturated carbocycles. The molecule has 0 aromatic rings. The maximum atomic E-state index is 2.55. The molecule has 0 aromatic carbocycles. The number of hydrogen-bond donors (Lipinski definition) is 0. The fourth-order valence-electron chi connectivity index (χ4n) is 5.02. The van der Waals surface area contributed by atoms with E-state index in [1.807, 2.05) is 0 Å². The number of fused-ring (bicyclic) bond motifs is 2. The van der Waals surface area contributed by atoms with Crippen LogP contribution in [0.3, 0.4) is 0 Å². The van der Waals surface area contributed by atoms with E-state index in [4.69, 9.17) is 0 Å². The summed E-state index contributed by atoms with van der Waals surface area (Å²) >= 11 is 0. The average molecular weight is 232 g/mol. The third-order valence-electron chi connectivity index (χ3n) is 5.87. The summed E-state index contributed by atoms with van der Waals surface area (Å²) < 4.78 is 0. The van der Waals surface area contributed by atoms with Gasteiger partial charge >= 0.3 is 0 Å². The van der Waals surface area contributed by atoms with Crippen LogP contribution in [0.4, 0.5) is 0 Å². The monoisotopic (exact) mass is 232 g/mol. The van der Waals surface area contributed by atoms with Crippen LogP contribution in [0, 0.1) is 35.5 Å². The molecule has 0 heteroatoms. The van der Waals surface area contributed by atoms with Crippen LogP contribution in [0.5, 0.6) is 0 Å². The Balaban J connectivity index is 1.55. The van der Waals surface area contributed by atoms with Crippen molar-refractivity contribution in [2.45, 2.75) is 58.8 Å². The Kier molecular flexibility index (Phi) is 3.32. The Labute approximate surface area is 107 Å². The summed E-state index contributed by atoms with van der Waals surface area (Å²) in [5, 5.41) is 0. The van der Waals surface area contributed by atoms with E-state index in [2.05, 4.69) is 26.0 Å². The molecule has 0 radical (unpaired) electrons. The van der Waals surface area contributed by atoms with Crippen LogP contribution in [0.2, 0.25) is 0 Å². The van der Waals surface area contributed by atoms with Crippen molar-refractivity contribution in [3.05, 3.63) is 12.2 Å². The van der Waals surface area contributed by atoms with Gasteiger partial charge in [-0.3, -0.25) is 0 Å². The van der Waals surface area contributed by atoms with E-state index < -0.39 is 0 Å². The lowest BCUT2D eigenvalue weighted by Crippen LogP contribution is -2.23. The van der Waals surface area contributed by atoms with Crippen molar-refractivity contribution in [2.75, 3.05) is 0 Å². The molecule has 0 nitrogen and oxygen atoms in total. The molecule has 2 bridgehead atoms. The molecule has 0 spiro atoms. The normalized spacial score (nSPS) is 48.1. The Bertz CT molecular complexity index is 290. The lowest BCUT2D eigenvalue weighted by atomic mass is 9.74. The summed E-state index contributed by atoms with van der Waals surface area (Å²) in [6.45, 7) is 4.72. The van der Waals surface area contributed by atoms with Gasteiger partial charge in [0.15, 0.2) is 0 Å². The fourth-order valence-corrected chi connectivity index (χ4v) is 5.02. The first-order valence-electron chi connectivity index (χ1n) is 7.96. The molecule has 0 saturated heterocycles. The highest BCUT2D eigenvalue weighted by Gasteiger charge is 2.47. The number of unbranched alkanes of at least 4 members (excludes halogenated alkanes) is 1. The molecule has 3 rings (SSSR count). The molecule has 0 N–H and O–H groups in total. The van der Waals surface area contributed by atoms with Crippen LogP contribution in [0.25, 0.3) is 0 Å². The zero-order chi connectivity index (χ0) is 11.8. The van der Waals surface area contributed by atoms with Gasteiger partial charge in [-0.1, -0.05) is 45.3 Å². The molecular weight excluding hydrogens is 204 g/mol. The Morgan fingerprint density at radius 2 is 1.88 bits per heavy atom. The number of hydrogen-bond acceptors (Lipinski definition) is 0. The molecule has 0 amide bonds. The molecular formula is C17H28. The summed E-state index contributed by atoms with van der Waals surface area (Å²) in [5.74, 6) is 6.20. The Hall–Kier alpha value is -0.260. The first-order valence-corrected chi connectivity index (χ1v) is 7.96. The lowest BCUT2D eigenvalue weighted by molar-refractivity contribution is 0.198. The minimum Gasteiger partial charge on any atom is -0.0854 e. The molecule has 3 aliphatic carbocycles. The predicted molar refractivity (Wildman–Crippen MR) is 73.7 cm³/mol. The first kappa shape index (κ1) is 11.8. The highest BCUT2D eigenvalue weighted by atomic mass is 14.5. The van der Waals surface area contributed by atoms with Gasteiger partial charge in [0.05, 0.1) is 0 Å². The molecule has 2 fully saturated rings. The Morgan fingerprint density at radius 3 is 2.47 bits per heavy atom. The van der Waals surface area contributed by atoms with Crippen molar-refractivity contribution >= 4 is 0 Å². The summed E-state index contributed by atoms with van der Waals surface area (Å²) in [7, 11) is 0. The van der Waals surface area contributed by atoms with Crippen molar-refractivity contribution in [1.29, 1.82) is 0 Å². The van der Waals surface area contributed by atoms with E-state index in [0.29, 0.717) is 0 Å². The van der Waals surface area contributed by atoms with Crippen molar-refractivity contribution in [3.63, 3.8) is 0 Å². The van der Waals surface area contributed by atoms with Crippen molar-refractivity contribution in [1.82, 2.24) is 0 Å². The third-order valence-corrected chi connectivity index (χ3v) is 5.87. The molecule has 0 aromatic heterocycles. The zero-order valence-corrected chi connectivity index (χ0v) is 11.6. The quantitative estimate of drug-likeness (QED) is 0.595. The highest BCUT2D eigenvalue weighted by Crippen LogP contribution is 2.56. The van der Waals surface area contributed by atoms with Gasteiger partial charge in [0.25, 0.3) is 0 Å². The van der Waals surface area contributed by atoms with E-state index in [1.165, 1.54) is 25.7 Å². The predicted octanol–water partition coefficient (Wildman–Crippen LogP) is 5.05. The molecule has 3 aliphatic rings. The van der Waals surface area contributed by atoms with E-state index in [9.17, 15) is 0 Å². The lowest BCUT2D eigenvalue weighted by Gasteiger charge is -2.31. The van der Waals surface area contributed by atoms with Crippen LogP contribution >= 0.6 is 0 Å². The molecule has 0 aliphatic heterocycles. The minimum absolute atomic E-state index is 0.856. The smallest absolute Gasteiger partial charge is 0.0197 e. The maximum Gasteiger partial charge on any atom is -0.0197 e. The van der Waals surface area contributed by atoms with Gasteiger partial charge in [0.2, 0.25) is 0 Å². The maximum absolute atomic E-state index is 2.55. The summed E-state index contributed by atoms with van der Waals surface area (Å²) in [4.78, 5) is 0. The highest BCUT2D eigenvalue weighted by molar-refractivity contribution is 5.07. The molecule has 6 atom stereocenters. The molecule has 17 heavy (non-hydrogen) atoms. The SMILES string of the molecule is CCCCC1CC2CC1CC2C1C=CC(C)C1. The van der Waals surface area contributed by atoms with Gasteiger partial charge in [-0.2, -0.15) is 0 Å². The van der Waals surface area contributed by atoms with Gasteiger partial charge in [0, 0.05) is 0 Å². The van der Waals surface area contributed by atoms with E-state index in [1.54, 1.807) is 19.3 Å². The zero-order valence-electron chi connectivity index (χ0n) is 11.6. The molecule has 6 unspecified atom stereocenters. The Morgan fingerprint density at radius 1 is 1.00 bits per heavy atom. The summed E-state index contributed by atoms with van der Waals surface area (Å²) in [6, 6.07) is 0. The van der Waals surface area contributed by atoms with Gasteiger partial charge in [0.1, 0.15) is 0 Å². The second kappa shape index (κ2) is 4.78. The van der Waals surface area contributed by atoms with E-state index >= 15 is 0 Å². The second-order valence-corrected chi connectivity index (χ2v) is 7.06. The minimum atomic E-state index is 0.856. The van der Waals surface area contributed by atoms with Crippen LogP contribution in [0.1, 0.15) is 58.8 Å². The van der Waals surface area contributed by atoms with Crippen LogP contribution < -0.4 is 0 Å². The van der Waals surface area contributed by atoms with Crippen molar-refractivity contribution in [2.24, 2.45) is 35.5 Å². The molecule has 0 heterocycles. The average Bonchev–Trinajstić information content (AvgIpc) is 2.99. The van der Waals surface area contributed by atoms with Gasteiger partial charge in [-0.25, -0.2) is 0 Å². The van der Waals surface area contributed by atoms with E-state index in [-0.39, 0.29) is 0 Å². The number of rotatable bonds is 4. The number of allylic oxidation sites excluding steroid dienone is 2. The van der Waals surface area contributed by atoms with Crippen LogP contribution in [-0.2, 0) is 0 Å². The van der Waals surface area contributed by atoms with Crippen molar-refractivity contribution in [3.8, 4) is 0 Å².